The lowest BCUT2D eigenvalue weighted by atomic mass is 10.1. The van der Waals surface area contributed by atoms with E-state index in [9.17, 15) is 14.9 Å². The summed E-state index contributed by atoms with van der Waals surface area (Å²) in [5.41, 5.74) is 0.834. The van der Waals surface area contributed by atoms with Gasteiger partial charge in [-0.15, -0.1) is 0 Å². The minimum absolute atomic E-state index is 0.0460. The second-order valence-electron chi connectivity index (χ2n) is 2.29. The highest BCUT2D eigenvalue weighted by Gasteiger charge is 2.02. The molecular formula is C8H7NO3. The van der Waals surface area contributed by atoms with E-state index in [2.05, 4.69) is 0 Å². The summed E-state index contributed by atoms with van der Waals surface area (Å²) in [6.45, 7) is 0. The highest BCUT2D eigenvalue weighted by molar-refractivity contribution is 5.55. The van der Waals surface area contributed by atoms with Gasteiger partial charge in [-0.2, -0.15) is 0 Å². The molecule has 62 valence electrons. The second kappa shape index (κ2) is 3.61. The van der Waals surface area contributed by atoms with E-state index in [1.807, 2.05) is 0 Å². The van der Waals surface area contributed by atoms with Crippen molar-refractivity contribution in [2.24, 2.45) is 0 Å². The first-order chi connectivity index (χ1) is 5.74. The standard InChI is InChI=1S/C8H7NO3/c10-6-5-7-1-3-8(4-2-7)9(11)12/h1-4,6H,5H2. The summed E-state index contributed by atoms with van der Waals surface area (Å²) in [4.78, 5) is 19.8. The monoisotopic (exact) mass is 165 g/mol. The molecule has 0 spiro atoms. The van der Waals surface area contributed by atoms with Gasteiger partial charge in [0, 0.05) is 18.6 Å². The summed E-state index contributed by atoms with van der Waals surface area (Å²) in [7, 11) is 0. The topological polar surface area (TPSA) is 60.2 Å². The van der Waals surface area contributed by atoms with Crippen LogP contribution in [0.1, 0.15) is 5.56 Å². The third kappa shape index (κ3) is 1.88. The third-order valence-corrected chi connectivity index (χ3v) is 1.47. The largest absolute Gasteiger partial charge is 0.303 e. The molecule has 0 radical (unpaired) electrons. The molecule has 0 N–H and O–H groups in total. The Morgan fingerprint density at radius 2 is 1.92 bits per heavy atom. The molecule has 0 atom stereocenters. The van der Waals surface area contributed by atoms with Crippen molar-refractivity contribution in [2.75, 3.05) is 0 Å². The first kappa shape index (κ1) is 8.39. The molecule has 0 aliphatic rings. The maximum atomic E-state index is 10.2. The van der Waals surface area contributed by atoms with Gasteiger partial charge in [-0.05, 0) is 5.56 Å². The number of benzene rings is 1. The molecule has 1 aromatic rings. The smallest absolute Gasteiger partial charge is 0.269 e. The quantitative estimate of drug-likeness (QED) is 0.385. The zero-order chi connectivity index (χ0) is 8.97. The number of carbonyl (C=O) groups is 1. The van der Waals surface area contributed by atoms with Gasteiger partial charge >= 0.3 is 0 Å². The third-order valence-electron chi connectivity index (χ3n) is 1.47. The van der Waals surface area contributed by atoms with E-state index < -0.39 is 4.92 Å². The number of nitrogens with zero attached hydrogens (tertiary/aromatic N) is 1. The van der Waals surface area contributed by atoms with Crippen molar-refractivity contribution in [3.8, 4) is 0 Å². The molecule has 1 aromatic carbocycles. The summed E-state index contributed by atoms with van der Waals surface area (Å²) in [6, 6.07) is 5.93. The SMILES string of the molecule is O=CCc1ccc([N+](=O)[O-])cc1. The lowest BCUT2D eigenvalue weighted by molar-refractivity contribution is -0.384. The van der Waals surface area contributed by atoms with Gasteiger partial charge in [-0.3, -0.25) is 10.1 Å². The van der Waals surface area contributed by atoms with E-state index in [4.69, 9.17) is 0 Å². The Hall–Kier alpha value is -1.71. The highest BCUT2D eigenvalue weighted by Crippen LogP contribution is 2.11. The molecule has 1 rings (SSSR count). The molecule has 0 amide bonds. The van der Waals surface area contributed by atoms with Gasteiger partial charge in [0.1, 0.15) is 6.29 Å². The average Bonchev–Trinajstić information content (AvgIpc) is 2.06. The number of hydrogen-bond donors (Lipinski definition) is 0. The van der Waals surface area contributed by atoms with E-state index in [0.29, 0.717) is 6.42 Å². The van der Waals surface area contributed by atoms with Gasteiger partial charge in [0.2, 0.25) is 0 Å². The predicted octanol–water partition coefficient (Wildman–Crippen LogP) is 1.34. The van der Waals surface area contributed by atoms with Crippen molar-refractivity contribution in [1.82, 2.24) is 0 Å². The van der Waals surface area contributed by atoms with Gasteiger partial charge in [-0.25, -0.2) is 0 Å². The maximum absolute atomic E-state index is 10.2. The summed E-state index contributed by atoms with van der Waals surface area (Å²) in [5.74, 6) is 0. The van der Waals surface area contributed by atoms with Crippen molar-refractivity contribution < 1.29 is 9.72 Å². The Bertz CT molecular complexity index is 292. The first-order valence-corrected chi connectivity index (χ1v) is 3.41. The van der Waals surface area contributed by atoms with Crippen LogP contribution >= 0.6 is 0 Å². The fourth-order valence-electron chi connectivity index (χ4n) is 0.850. The fourth-order valence-corrected chi connectivity index (χ4v) is 0.850. The van der Waals surface area contributed by atoms with Crippen molar-refractivity contribution >= 4 is 12.0 Å². The first-order valence-electron chi connectivity index (χ1n) is 3.41. The molecule has 0 aromatic heterocycles. The molecule has 12 heavy (non-hydrogen) atoms. The van der Waals surface area contributed by atoms with Crippen molar-refractivity contribution in [2.45, 2.75) is 6.42 Å². The summed E-state index contributed by atoms with van der Waals surface area (Å²) in [5, 5.41) is 10.2. The van der Waals surface area contributed by atoms with Crippen molar-refractivity contribution in [3.63, 3.8) is 0 Å². The number of aldehydes is 1. The van der Waals surface area contributed by atoms with Crippen molar-refractivity contribution in [1.29, 1.82) is 0 Å². The van der Waals surface area contributed by atoms with Gasteiger partial charge in [-0.1, -0.05) is 12.1 Å². The second-order valence-corrected chi connectivity index (χ2v) is 2.29. The molecule has 0 heterocycles. The molecule has 0 aliphatic carbocycles. The van der Waals surface area contributed by atoms with Crippen LogP contribution in [0.5, 0.6) is 0 Å². The summed E-state index contributed by atoms with van der Waals surface area (Å²) < 4.78 is 0. The van der Waals surface area contributed by atoms with Crippen LogP contribution in [0.4, 0.5) is 5.69 Å². The average molecular weight is 165 g/mol. The molecule has 0 aliphatic heterocycles. The molecular weight excluding hydrogens is 158 g/mol. The van der Waals surface area contributed by atoms with Crippen LogP contribution in [0.2, 0.25) is 0 Å². The van der Waals surface area contributed by atoms with Crippen LogP contribution < -0.4 is 0 Å². The Morgan fingerprint density at radius 3 is 2.33 bits per heavy atom. The molecule has 4 heteroatoms. The predicted molar refractivity (Wildman–Crippen MR) is 42.9 cm³/mol. The Kier molecular flexibility index (Phi) is 2.53. The van der Waals surface area contributed by atoms with Crippen LogP contribution in [-0.4, -0.2) is 11.2 Å². The van der Waals surface area contributed by atoms with Crippen molar-refractivity contribution in [3.05, 3.63) is 39.9 Å². The van der Waals surface area contributed by atoms with Crippen LogP contribution in [0, 0.1) is 10.1 Å². The maximum Gasteiger partial charge on any atom is 0.269 e. The number of nitro benzene ring substituents is 1. The van der Waals surface area contributed by atoms with Crippen LogP contribution in [-0.2, 0) is 11.2 Å². The van der Waals surface area contributed by atoms with E-state index in [-0.39, 0.29) is 5.69 Å². The molecule has 0 fully saturated rings. The minimum Gasteiger partial charge on any atom is -0.303 e. The number of non-ortho nitro benzene ring substituents is 1. The Morgan fingerprint density at radius 1 is 1.33 bits per heavy atom. The molecule has 4 nitrogen and oxygen atoms in total. The summed E-state index contributed by atoms with van der Waals surface area (Å²) >= 11 is 0. The minimum atomic E-state index is -0.468. The number of nitro groups is 1. The van der Waals surface area contributed by atoms with Gasteiger partial charge < -0.3 is 4.79 Å². The Labute approximate surface area is 69.0 Å². The molecule has 0 unspecified atom stereocenters. The van der Waals surface area contributed by atoms with Crippen LogP contribution in [0.15, 0.2) is 24.3 Å². The lowest BCUT2D eigenvalue weighted by Gasteiger charge is -1.93. The fraction of sp³-hybridized carbons (Fsp3) is 0.125. The number of rotatable bonds is 3. The molecule has 0 saturated heterocycles. The molecule has 0 bridgehead atoms. The summed E-state index contributed by atoms with van der Waals surface area (Å²) in [6.07, 6.45) is 1.07. The van der Waals surface area contributed by atoms with Crippen LogP contribution in [0.3, 0.4) is 0 Å². The van der Waals surface area contributed by atoms with E-state index in [1.165, 1.54) is 12.1 Å². The molecule has 0 saturated carbocycles. The lowest BCUT2D eigenvalue weighted by Crippen LogP contribution is -1.89. The Balaban J connectivity index is 2.85. The van der Waals surface area contributed by atoms with E-state index in [0.717, 1.165) is 11.8 Å². The van der Waals surface area contributed by atoms with Gasteiger partial charge in [0.05, 0.1) is 4.92 Å². The van der Waals surface area contributed by atoms with Crippen LogP contribution in [0.25, 0.3) is 0 Å². The van der Waals surface area contributed by atoms with Gasteiger partial charge in [0.15, 0.2) is 0 Å². The van der Waals surface area contributed by atoms with E-state index in [1.54, 1.807) is 12.1 Å². The normalized spacial score (nSPS) is 9.33. The number of hydrogen-bond acceptors (Lipinski definition) is 3. The highest BCUT2D eigenvalue weighted by atomic mass is 16.6. The zero-order valence-corrected chi connectivity index (χ0v) is 6.27. The van der Waals surface area contributed by atoms with Gasteiger partial charge in [0.25, 0.3) is 5.69 Å². The van der Waals surface area contributed by atoms with E-state index >= 15 is 0 Å². The zero-order valence-electron chi connectivity index (χ0n) is 6.27. The number of carbonyl (C=O) groups excluding carboxylic acids is 1.